The van der Waals surface area contributed by atoms with Gasteiger partial charge in [-0.1, -0.05) is 36.4 Å². The van der Waals surface area contributed by atoms with Crippen LogP contribution in [-0.4, -0.2) is 50.5 Å². The van der Waals surface area contributed by atoms with Gasteiger partial charge in [0.05, 0.1) is 17.5 Å². The molecule has 0 radical (unpaired) electrons. The van der Waals surface area contributed by atoms with Crippen LogP contribution in [0.4, 0.5) is 18.9 Å². The summed E-state index contributed by atoms with van der Waals surface area (Å²) in [6, 6.07) is 12.4. The second-order valence-electron chi connectivity index (χ2n) is 8.06. The number of alkyl halides is 3. The van der Waals surface area contributed by atoms with Gasteiger partial charge in [0.2, 0.25) is 21.8 Å². The fraction of sp³-hybridized carbons (Fsp3) is 0.417. The predicted octanol–water partition coefficient (Wildman–Crippen LogP) is 3.81. The standard InChI is InChI=1S/C24H30F3N3O4S/c1-4-28-23(32)18(2)29(17-19-10-6-5-7-11-19)22(31)14-9-15-30(35(3,33)34)21-13-8-12-20(16-21)24(25,26)27/h5-8,10-13,16,18H,4,9,14-15,17H2,1-3H3,(H,28,32)/t18-/m0/s1. The highest BCUT2D eigenvalue weighted by Gasteiger charge is 2.32. The van der Waals surface area contributed by atoms with Gasteiger partial charge >= 0.3 is 6.18 Å². The monoisotopic (exact) mass is 513 g/mol. The molecule has 0 saturated heterocycles. The first-order chi connectivity index (χ1) is 16.3. The zero-order valence-electron chi connectivity index (χ0n) is 19.9. The third kappa shape index (κ3) is 8.27. The summed E-state index contributed by atoms with van der Waals surface area (Å²) in [5.41, 5.74) is -0.283. The van der Waals surface area contributed by atoms with Gasteiger partial charge in [-0.05, 0) is 44.0 Å². The largest absolute Gasteiger partial charge is 0.416 e. The Morgan fingerprint density at radius 2 is 1.71 bits per heavy atom. The maximum atomic E-state index is 13.1. The van der Waals surface area contributed by atoms with Gasteiger partial charge in [-0.25, -0.2) is 8.42 Å². The third-order valence-corrected chi connectivity index (χ3v) is 6.52. The number of amides is 2. The number of halogens is 3. The van der Waals surface area contributed by atoms with Crippen LogP contribution in [0.5, 0.6) is 0 Å². The molecular weight excluding hydrogens is 483 g/mol. The number of nitrogens with zero attached hydrogens (tertiary/aromatic N) is 2. The van der Waals surface area contributed by atoms with E-state index in [9.17, 15) is 31.2 Å². The van der Waals surface area contributed by atoms with Crippen molar-refractivity contribution in [1.29, 1.82) is 0 Å². The minimum atomic E-state index is -4.62. The molecule has 192 valence electrons. The number of likely N-dealkylation sites (N-methyl/N-ethyl adjacent to an activating group) is 1. The molecule has 0 bridgehead atoms. The van der Waals surface area contributed by atoms with E-state index in [0.29, 0.717) is 6.54 Å². The van der Waals surface area contributed by atoms with E-state index in [1.54, 1.807) is 13.8 Å². The van der Waals surface area contributed by atoms with Crippen molar-refractivity contribution in [1.82, 2.24) is 10.2 Å². The molecule has 7 nitrogen and oxygen atoms in total. The van der Waals surface area contributed by atoms with Crippen LogP contribution in [0, 0.1) is 0 Å². The highest BCUT2D eigenvalue weighted by Crippen LogP contribution is 2.32. The number of carbonyl (C=O) groups excluding carboxylic acids is 2. The van der Waals surface area contributed by atoms with Crippen LogP contribution in [0.1, 0.15) is 37.8 Å². The molecule has 0 aliphatic carbocycles. The van der Waals surface area contributed by atoms with Gasteiger partial charge in [-0.15, -0.1) is 0 Å². The number of hydrogen-bond acceptors (Lipinski definition) is 4. The summed E-state index contributed by atoms with van der Waals surface area (Å²) in [6.07, 6.45) is -3.77. The van der Waals surface area contributed by atoms with Crippen LogP contribution in [0.25, 0.3) is 0 Å². The quantitative estimate of drug-likeness (QED) is 0.495. The average molecular weight is 514 g/mol. The van der Waals surface area contributed by atoms with Crippen molar-refractivity contribution in [2.45, 2.75) is 45.5 Å². The van der Waals surface area contributed by atoms with Gasteiger partial charge in [0, 0.05) is 26.1 Å². The lowest BCUT2D eigenvalue weighted by Gasteiger charge is -2.29. The maximum Gasteiger partial charge on any atom is 0.416 e. The molecule has 0 heterocycles. The molecule has 0 spiro atoms. The lowest BCUT2D eigenvalue weighted by molar-refractivity contribution is -0.140. The van der Waals surface area contributed by atoms with Gasteiger partial charge in [-0.2, -0.15) is 13.2 Å². The minimum absolute atomic E-state index is 0.0511. The molecule has 0 aliphatic heterocycles. The molecule has 2 amide bonds. The van der Waals surface area contributed by atoms with E-state index in [4.69, 9.17) is 0 Å². The molecule has 2 rings (SSSR count). The van der Waals surface area contributed by atoms with Gasteiger partial charge in [-0.3, -0.25) is 13.9 Å². The van der Waals surface area contributed by atoms with Crippen LogP contribution in [0.2, 0.25) is 0 Å². The number of hydrogen-bond donors (Lipinski definition) is 1. The number of rotatable bonds is 11. The van der Waals surface area contributed by atoms with Crippen molar-refractivity contribution in [3.8, 4) is 0 Å². The van der Waals surface area contributed by atoms with Gasteiger partial charge in [0.1, 0.15) is 6.04 Å². The number of nitrogens with one attached hydrogen (secondary N) is 1. The highest BCUT2D eigenvalue weighted by molar-refractivity contribution is 7.92. The zero-order valence-corrected chi connectivity index (χ0v) is 20.7. The SMILES string of the molecule is CCNC(=O)[C@H](C)N(Cc1ccccc1)C(=O)CCCN(c1cccc(C(F)(F)F)c1)S(C)(=O)=O. The molecule has 0 aromatic heterocycles. The van der Waals surface area contributed by atoms with Crippen molar-refractivity contribution >= 4 is 27.5 Å². The summed E-state index contributed by atoms with van der Waals surface area (Å²) in [5, 5.41) is 2.69. The van der Waals surface area contributed by atoms with Gasteiger partial charge in [0.15, 0.2) is 0 Å². The zero-order chi connectivity index (χ0) is 26.2. The summed E-state index contributed by atoms with van der Waals surface area (Å²) in [4.78, 5) is 26.9. The van der Waals surface area contributed by atoms with Crippen LogP contribution in [-0.2, 0) is 32.3 Å². The summed E-state index contributed by atoms with van der Waals surface area (Å²) in [7, 11) is -3.91. The third-order valence-electron chi connectivity index (χ3n) is 5.33. The fourth-order valence-corrected chi connectivity index (χ4v) is 4.48. The molecule has 0 aliphatic rings. The Morgan fingerprint density at radius 3 is 2.29 bits per heavy atom. The molecule has 1 N–H and O–H groups in total. The second-order valence-corrected chi connectivity index (χ2v) is 9.97. The van der Waals surface area contributed by atoms with E-state index >= 15 is 0 Å². The number of sulfonamides is 1. The Balaban J connectivity index is 2.18. The number of anilines is 1. The molecule has 11 heteroatoms. The molecule has 0 saturated carbocycles. The van der Waals surface area contributed by atoms with E-state index in [1.165, 1.54) is 11.0 Å². The van der Waals surface area contributed by atoms with E-state index in [0.717, 1.165) is 34.3 Å². The molecule has 2 aromatic rings. The minimum Gasteiger partial charge on any atom is -0.355 e. The van der Waals surface area contributed by atoms with E-state index in [-0.39, 0.29) is 43.4 Å². The maximum absolute atomic E-state index is 13.1. The molecular formula is C24H30F3N3O4S. The Morgan fingerprint density at radius 1 is 1.06 bits per heavy atom. The van der Waals surface area contributed by atoms with Gasteiger partial charge < -0.3 is 10.2 Å². The summed E-state index contributed by atoms with van der Waals surface area (Å²) < 4.78 is 64.8. The van der Waals surface area contributed by atoms with Crippen molar-refractivity contribution < 1.29 is 31.2 Å². The molecule has 0 fully saturated rings. The summed E-state index contributed by atoms with van der Waals surface area (Å²) in [5.74, 6) is -0.691. The second kappa shape index (κ2) is 12.1. The topological polar surface area (TPSA) is 86.8 Å². The number of carbonyl (C=O) groups is 2. The van der Waals surface area contributed by atoms with E-state index < -0.39 is 27.8 Å². The molecule has 1 atom stereocenters. The summed E-state index contributed by atoms with van der Waals surface area (Å²) in [6.45, 7) is 3.76. The van der Waals surface area contributed by atoms with Crippen LogP contribution in [0.3, 0.4) is 0 Å². The lowest BCUT2D eigenvalue weighted by Crippen LogP contribution is -2.47. The van der Waals surface area contributed by atoms with Crippen molar-refractivity contribution in [3.63, 3.8) is 0 Å². The first-order valence-corrected chi connectivity index (χ1v) is 13.0. The normalized spacial score (nSPS) is 12.6. The molecule has 35 heavy (non-hydrogen) atoms. The Bertz CT molecular complexity index is 1110. The first-order valence-electron chi connectivity index (χ1n) is 11.1. The highest BCUT2D eigenvalue weighted by atomic mass is 32.2. The van der Waals surface area contributed by atoms with Crippen LogP contribution >= 0.6 is 0 Å². The Labute approximate surface area is 204 Å². The number of benzene rings is 2. The van der Waals surface area contributed by atoms with Crippen molar-refractivity contribution in [2.75, 3.05) is 23.7 Å². The van der Waals surface area contributed by atoms with E-state index in [2.05, 4.69) is 5.32 Å². The first kappa shape index (κ1) is 28.2. The Hall–Kier alpha value is -3.08. The molecule has 2 aromatic carbocycles. The van der Waals surface area contributed by atoms with Crippen LogP contribution < -0.4 is 9.62 Å². The van der Waals surface area contributed by atoms with E-state index in [1.807, 2.05) is 30.3 Å². The van der Waals surface area contributed by atoms with Crippen LogP contribution in [0.15, 0.2) is 54.6 Å². The average Bonchev–Trinajstić information content (AvgIpc) is 2.79. The predicted molar refractivity (Wildman–Crippen MR) is 128 cm³/mol. The Kier molecular flexibility index (Phi) is 9.70. The van der Waals surface area contributed by atoms with Gasteiger partial charge in [0.25, 0.3) is 0 Å². The van der Waals surface area contributed by atoms with Crippen molar-refractivity contribution in [2.24, 2.45) is 0 Å². The molecule has 0 unspecified atom stereocenters. The smallest absolute Gasteiger partial charge is 0.355 e. The van der Waals surface area contributed by atoms with Crippen molar-refractivity contribution in [3.05, 3.63) is 65.7 Å². The lowest BCUT2D eigenvalue weighted by atomic mass is 10.1. The fourth-order valence-electron chi connectivity index (χ4n) is 3.53. The summed E-state index contributed by atoms with van der Waals surface area (Å²) >= 11 is 0.